The molecule has 92 valence electrons. The molecule has 0 fully saturated rings. The number of halogens is 2. The van der Waals surface area contributed by atoms with Crippen molar-refractivity contribution in [3.8, 4) is 0 Å². The molecule has 2 nitrogen and oxygen atoms in total. The third kappa shape index (κ3) is 2.84. The maximum atomic E-state index is 12.1. The number of hydrogen-bond acceptors (Lipinski definition) is 1. The predicted molar refractivity (Wildman–Crippen MR) is 75.6 cm³/mol. The molecular formula is C14H11Cl2NO. The second kappa shape index (κ2) is 5.42. The Hall–Kier alpha value is -1.51. The highest BCUT2D eigenvalue weighted by molar-refractivity contribution is 6.32. The van der Waals surface area contributed by atoms with Gasteiger partial charge in [0.2, 0.25) is 0 Å². The van der Waals surface area contributed by atoms with E-state index in [1.54, 1.807) is 42.5 Å². The molecule has 0 spiro atoms. The van der Waals surface area contributed by atoms with Crippen molar-refractivity contribution >= 4 is 34.8 Å². The normalized spacial score (nSPS) is 10.2. The summed E-state index contributed by atoms with van der Waals surface area (Å²) in [5, 5.41) is 4.01. The summed E-state index contributed by atoms with van der Waals surface area (Å²) < 4.78 is 0. The van der Waals surface area contributed by atoms with Crippen molar-refractivity contribution in [3.63, 3.8) is 0 Å². The van der Waals surface area contributed by atoms with E-state index < -0.39 is 0 Å². The first-order valence-electron chi connectivity index (χ1n) is 5.40. The van der Waals surface area contributed by atoms with E-state index in [9.17, 15) is 4.79 Å². The van der Waals surface area contributed by atoms with Gasteiger partial charge in [-0.25, -0.2) is 0 Å². The van der Waals surface area contributed by atoms with Gasteiger partial charge in [0.05, 0.1) is 0 Å². The Kier molecular flexibility index (Phi) is 3.90. The summed E-state index contributed by atoms with van der Waals surface area (Å²) in [6.45, 7) is 1.82. The minimum Gasteiger partial charge on any atom is -0.322 e. The molecule has 4 heteroatoms. The van der Waals surface area contributed by atoms with E-state index in [0.717, 1.165) is 5.56 Å². The van der Waals surface area contributed by atoms with Crippen molar-refractivity contribution in [2.75, 3.05) is 5.32 Å². The molecule has 0 bridgehead atoms. The smallest absolute Gasteiger partial charge is 0.255 e. The van der Waals surface area contributed by atoms with E-state index in [2.05, 4.69) is 5.32 Å². The number of carbonyl (C=O) groups excluding carboxylic acids is 1. The zero-order valence-electron chi connectivity index (χ0n) is 9.71. The van der Waals surface area contributed by atoms with Crippen molar-refractivity contribution in [1.82, 2.24) is 0 Å². The van der Waals surface area contributed by atoms with Crippen molar-refractivity contribution in [2.24, 2.45) is 0 Å². The maximum absolute atomic E-state index is 12.1. The first-order valence-corrected chi connectivity index (χ1v) is 6.15. The van der Waals surface area contributed by atoms with Crippen LogP contribution in [0.1, 0.15) is 15.9 Å². The molecule has 18 heavy (non-hydrogen) atoms. The Morgan fingerprint density at radius 1 is 1.06 bits per heavy atom. The summed E-state index contributed by atoms with van der Waals surface area (Å²) in [4.78, 5) is 12.1. The van der Waals surface area contributed by atoms with E-state index in [1.165, 1.54) is 0 Å². The van der Waals surface area contributed by atoms with Crippen LogP contribution >= 0.6 is 23.2 Å². The lowest BCUT2D eigenvalue weighted by atomic mass is 10.1. The molecule has 0 aliphatic rings. The Morgan fingerprint density at radius 3 is 2.39 bits per heavy atom. The topological polar surface area (TPSA) is 29.1 Å². The van der Waals surface area contributed by atoms with Gasteiger partial charge in [-0.1, -0.05) is 29.3 Å². The molecule has 2 aromatic rings. The molecule has 2 aromatic carbocycles. The summed E-state index contributed by atoms with van der Waals surface area (Å²) in [7, 11) is 0. The second-order valence-corrected chi connectivity index (χ2v) is 4.72. The molecular weight excluding hydrogens is 269 g/mol. The highest BCUT2D eigenvalue weighted by Gasteiger charge is 2.10. The molecule has 0 saturated carbocycles. The van der Waals surface area contributed by atoms with Crippen LogP contribution in [0.3, 0.4) is 0 Å². The number of rotatable bonds is 2. The van der Waals surface area contributed by atoms with Crippen LogP contribution in [0.15, 0.2) is 42.5 Å². The van der Waals surface area contributed by atoms with Crippen molar-refractivity contribution in [2.45, 2.75) is 6.92 Å². The number of benzene rings is 2. The summed E-state index contributed by atoms with van der Waals surface area (Å²) in [5.41, 5.74) is 2.03. The van der Waals surface area contributed by atoms with Crippen LogP contribution in [0.25, 0.3) is 0 Å². The minimum absolute atomic E-state index is 0.183. The quantitative estimate of drug-likeness (QED) is 0.858. The van der Waals surface area contributed by atoms with Crippen LogP contribution in [0.2, 0.25) is 10.0 Å². The number of anilines is 1. The van der Waals surface area contributed by atoms with E-state index in [4.69, 9.17) is 23.2 Å². The molecule has 0 unspecified atom stereocenters. The summed E-state index contributed by atoms with van der Waals surface area (Å²) in [5.74, 6) is -0.183. The van der Waals surface area contributed by atoms with Gasteiger partial charge < -0.3 is 5.32 Å². The lowest BCUT2D eigenvalue weighted by Gasteiger charge is -2.08. The van der Waals surface area contributed by atoms with Gasteiger partial charge in [0.25, 0.3) is 5.91 Å². The van der Waals surface area contributed by atoms with Gasteiger partial charge in [0.15, 0.2) is 0 Å². The van der Waals surface area contributed by atoms with Crippen LogP contribution in [-0.2, 0) is 0 Å². The number of nitrogens with one attached hydrogen (secondary N) is 1. The van der Waals surface area contributed by atoms with Crippen molar-refractivity contribution < 1.29 is 4.79 Å². The molecule has 1 amide bonds. The Labute approximate surface area is 116 Å². The van der Waals surface area contributed by atoms with Gasteiger partial charge in [0, 0.05) is 21.3 Å². The van der Waals surface area contributed by atoms with Crippen LogP contribution < -0.4 is 5.32 Å². The first kappa shape index (κ1) is 12.9. The monoisotopic (exact) mass is 279 g/mol. The van der Waals surface area contributed by atoms with E-state index >= 15 is 0 Å². The Balaban J connectivity index is 2.22. The fraction of sp³-hybridized carbons (Fsp3) is 0.0714. The standard InChI is InChI=1S/C14H11Cl2NO/c1-9-12(3-2-4-13(9)16)14(18)17-11-7-5-10(15)6-8-11/h2-8H,1H3,(H,17,18). The maximum Gasteiger partial charge on any atom is 0.255 e. The third-order valence-corrected chi connectivity index (χ3v) is 3.28. The second-order valence-electron chi connectivity index (χ2n) is 3.87. The molecule has 0 radical (unpaired) electrons. The summed E-state index contributed by atoms with van der Waals surface area (Å²) in [6, 6.07) is 12.2. The van der Waals surface area contributed by atoms with Gasteiger partial charge in [-0.15, -0.1) is 0 Å². The number of amides is 1. The SMILES string of the molecule is Cc1c(Cl)cccc1C(=O)Nc1ccc(Cl)cc1. The number of hydrogen-bond donors (Lipinski definition) is 1. The largest absolute Gasteiger partial charge is 0.322 e. The fourth-order valence-electron chi connectivity index (χ4n) is 1.59. The molecule has 0 aliphatic heterocycles. The summed E-state index contributed by atoms with van der Waals surface area (Å²) in [6.07, 6.45) is 0. The molecule has 2 rings (SSSR count). The van der Waals surface area contributed by atoms with E-state index in [1.807, 2.05) is 6.92 Å². The minimum atomic E-state index is -0.183. The van der Waals surface area contributed by atoms with Gasteiger partial charge in [0.1, 0.15) is 0 Å². The van der Waals surface area contributed by atoms with Crippen LogP contribution in [0.4, 0.5) is 5.69 Å². The molecule has 0 aliphatic carbocycles. The lowest BCUT2D eigenvalue weighted by Crippen LogP contribution is -2.13. The van der Waals surface area contributed by atoms with Crippen molar-refractivity contribution in [1.29, 1.82) is 0 Å². The Morgan fingerprint density at radius 2 is 1.72 bits per heavy atom. The molecule has 0 saturated heterocycles. The highest BCUT2D eigenvalue weighted by Crippen LogP contribution is 2.20. The van der Waals surface area contributed by atoms with E-state index in [0.29, 0.717) is 21.3 Å². The number of carbonyl (C=O) groups is 1. The average Bonchev–Trinajstić information content (AvgIpc) is 2.35. The zero-order valence-corrected chi connectivity index (χ0v) is 11.2. The predicted octanol–water partition coefficient (Wildman–Crippen LogP) is 4.55. The van der Waals surface area contributed by atoms with Gasteiger partial charge in [-0.05, 0) is 48.9 Å². The Bertz CT molecular complexity index is 579. The van der Waals surface area contributed by atoms with E-state index in [-0.39, 0.29) is 5.91 Å². The van der Waals surface area contributed by atoms with Gasteiger partial charge in [-0.2, -0.15) is 0 Å². The van der Waals surface area contributed by atoms with Crippen LogP contribution in [0, 0.1) is 6.92 Å². The average molecular weight is 280 g/mol. The molecule has 0 aromatic heterocycles. The summed E-state index contributed by atoms with van der Waals surface area (Å²) >= 11 is 11.8. The lowest BCUT2D eigenvalue weighted by molar-refractivity contribution is 0.102. The van der Waals surface area contributed by atoms with Gasteiger partial charge >= 0.3 is 0 Å². The molecule has 1 N–H and O–H groups in total. The zero-order chi connectivity index (χ0) is 13.1. The highest BCUT2D eigenvalue weighted by atomic mass is 35.5. The fourth-order valence-corrected chi connectivity index (χ4v) is 1.89. The molecule has 0 heterocycles. The van der Waals surface area contributed by atoms with Gasteiger partial charge in [-0.3, -0.25) is 4.79 Å². The van der Waals surface area contributed by atoms with Crippen molar-refractivity contribution in [3.05, 3.63) is 63.6 Å². The molecule has 0 atom stereocenters. The van der Waals surface area contributed by atoms with Crippen LogP contribution in [-0.4, -0.2) is 5.91 Å². The third-order valence-electron chi connectivity index (χ3n) is 2.61. The first-order chi connectivity index (χ1) is 8.58. The van der Waals surface area contributed by atoms with Crippen LogP contribution in [0.5, 0.6) is 0 Å².